The van der Waals surface area contributed by atoms with E-state index < -0.39 is 51.2 Å². The number of rotatable bonds is 56. The molecule has 0 saturated carbocycles. The predicted molar refractivity (Wildman–Crippen MR) is 302 cm³/mol. The molecule has 0 aromatic rings. The van der Waals surface area contributed by atoms with Crippen LogP contribution >= 0.6 is 0 Å². The van der Waals surface area contributed by atoms with E-state index in [0.717, 1.165) is 218 Å². The number of carbonyl (C=O) groups is 6. The van der Waals surface area contributed by atoms with E-state index in [2.05, 4.69) is 41.5 Å². The lowest BCUT2D eigenvalue weighted by atomic mass is 9.47. The Balaban J connectivity index is 8.11. The number of hydrogen-bond donors (Lipinski definition) is 2. The molecule has 0 aromatic carbocycles. The summed E-state index contributed by atoms with van der Waals surface area (Å²) in [6.07, 6.45) is 37.5. The first kappa shape index (κ1) is 68.9. The Bertz CT molecular complexity index is 1210. The second-order valence-corrected chi connectivity index (χ2v) is 22.1. The molecule has 0 bridgehead atoms. The zero-order chi connectivity index (χ0) is 52.9. The third-order valence-corrected chi connectivity index (χ3v) is 15.8. The summed E-state index contributed by atoms with van der Waals surface area (Å²) in [7, 11) is 0. The second-order valence-electron chi connectivity index (χ2n) is 22.1. The Labute approximate surface area is 439 Å². The van der Waals surface area contributed by atoms with Crippen molar-refractivity contribution in [3.63, 3.8) is 0 Å². The van der Waals surface area contributed by atoms with Crippen molar-refractivity contribution >= 4 is 34.7 Å². The van der Waals surface area contributed by atoms with Gasteiger partial charge in [-0.3, -0.25) is 28.8 Å². The first-order valence-electron chi connectivity index (χ1n) is 31.2. The van der Waals surface area contributed by atoms with Gasteiger partial charge in [0.25, 0.3) is 0 Å². The summed E-state index contributed by atoms with van der Waals surface area (Å²) >= 11 is 0. The Morgan fingerprint density at radius 2 is 0.338 bits per heavy atom. The van der Waals surface area contributed by atoms with Crippen LogP contribution in [0.25, 0.3) is 0 Å². The summed E-state index contributed by atoms with van der Waals surface area (Å²) in [5, 5.41) is 0. The number of carbonyl (C=O) groups excluding carboxylic acids is 6. The first-order valence-corrected chi connectivity index (χ1v) is 31.2. The maximum atomic E-state index is 16.1. The smallest absolute Gasteiger partial charge is 0.161 e. The fraction of sp³-hybridized carbons (Fsp3) is 0.905. The molecular weight excluding hydrogens is 881 g/mol. The van der Waals surface area contributed by atoms with Gasteiger partial charge in [0.15, 0.2) is 51.2 Å². The van der Waals surface area contributed by atoms with E-state index in [1.165, 1.54) is 0 Å². The molecule has 0 spiro atoms. The lowest BCUT2D eigenvalue weighted by molar-refractivity contribution is -0.169. The highest BCUT2D eigenvalue weighted by Crippen LogP contribution is 2.49. The van der Waals surface area contributed by atoms with Gasteiger partial charge in [-0.25, -0.2) is 0 Å². The number of hydrogen-bond acceptors (Lipinski definition) is 8. The molecule has 71 heavy (non-hydrogen) atoms. The molecule has 0 fully saturated rings. The van der Waals surface area contributed by atoms with Crippen molar-refractivity contribution in [3.05, 3.63) is 0 Å². The van der Waals surface area contributed by atoms with Crippen molar-refractivity contribution in [1.29, 1.82) is 0 Å². The molecule has 0 saturated heterocycles. The molecule has 0 aliphatic rings. The zero-order valence-corrected chi connectivity index (χ0v) is 48.0. The van der Waals surface area contributed by atoms with Gasteiger partial charge in [0.1, 0.15) is 0 Å². The van der Waals surface area contributed by atoms with E-state index >= 15 is 28.8 Å². The number of nitrogens with two attached hydrogens (primary N) is 2. The summed E-state index contributed by atoms with van der Waals surface area (Å²) in [4.78, 5) is 94.5. The van der Waals surface area contributed by atoms with Crippen LogP contribution < -0.4 is 11.5 Å². The summed E-state index contributed by atoms with van der Waals surface area (Å²) in [6.45, 7) is 13.1. The molecule has 416 valence electrons. The van der Waals surface area contributed by atoms with Crippen LogP contribution in [0.5, 0.6) is 0 Å². The Morgan fingerprint density at radius 1 is 0.211 bits per heavy atom. The predicted octanol–water partition coefficient (Wildman–Crippen LogP) is 17.6. The van der Waals surface area contributed by atoms with Crippen LogP contribution in [0.3, 0.4) is 0 Å². The molecule has 0 rings (SSSR count). The number of unbranched alkanes of at least 4 members (excludes halogenated alkanes) is 36. The monoisotopic (exact) mass is 999 g/mol. The molecule has 0 atom stereocenters. The van der Waals surface area contributed by atoms with E-state index in [1.54, 1.807) is 0 Å². The van der Waals surface area contributed by atoms with Crippen LogP contribution in [0.4, 0.5) is 0 Å². The second kappa shape index (κ2) is 45.3. The third-order valence-electron chi connectivity index (χ3n) is 15.8. The van der Waals surface area contributed by atoms with Gasteiger partial charge in [-0.05, 0) is 38.5 Å². The minimum atomic E-state index is -2.85. The average Bonchev–Trinajstić information content (AvgIpc) is 3.36. The number of ketones is 6. The van der Waals surface area contributed by atoms with E-state index in [1.807, 2.05) is 0 Å². The van der Waals surface area contributed by atoms with Crippen molar-refractivity contribution in [2.45, 2.75) is 361 Å². The zero-order valence-electron chi connectivity index (χ0n) is 48.0. The van der Waals surface area contributed by atoms with Crippen LogP contribution in [-0.4, -0.2) is 45.8 Å². The normalized spacial score (nSPS) is 12.2. The molecule has 0 aliphatic heterocycles. The molecule has 0 heterocycles. The first-order chi connectivity index (χ1) is 34.4. The Hall–Kier alpha value is -2.06. The molecule has 0 radical (unpaired) electrons. The van der Waals surface area contributed by atoms with Crippen LogP contribution in [0.1, 0.15) is 350 Å². The van der Waals surface area contributed by atoms with Gasteiger partial charge in [0, 0.05) is 38.5 Å². The van der Waals surface area contributed by atoms with E-state index in [-0.39, 0.29) is 38.5 Å². The van der Waals surface area contributed by atoms with E-state index in [9.17, 15) is 0 Å². The molecule has 8 heteroatoms. The highest BCUT2D eigenvalue weighted by molar-refractivity contribution is 6.31. The molecule has 4 N–H and O–H groups in total. The third kappa shape index (κ3) is 26.3. The molecule has 0 aromatic heterocycles. The number of Topliss-reactive ketones (excluding diaryl/α,β-unsaturated/α-hetero) is 6. The lowest BCUT2D eigenvalue weighted by Crippen LogP contribution is -2.84. The fourth-order valence-electron chi connectivity index (χ4n) is 11.1. The highest BCUT2D eigenvalue weighted by atomic mass is 16.2. The summed E-state index contributed by atoms with van der Waals surface area (Å²) < 4.78 is 0. The van der Waals surface area contributed by atoms with Crippen molar-refractivity contribution in [2.75, 3.05) is 0 Å². The maximum absolute atomic E-state index is 16.1. The minimum Gasteiger partial charge on any atom is -0.311 e. The van der Waals surface area contributed by atoms with Crippen LogP contribution in [-0.2, 0) is 28.8 Å². The minimum absolute atomic E-state index is 0.127. The van der Waals surface area contributed by atoms with Gasteiger partial charge in [-0.15, -0.1) is 0 Å². The van der Waals surface area contributed by atoms with Gasteiger partial charge in [-0.2, -0.15) is 0 Å². The average molecular weight is 1000 g/mol. The van der Waals surface area contributed by atoms with Crippen molar-refractivity contribution < 1.29 is 28.8 Å². The van der Waals surface area contributed by atoms with Gasteiger partial charge >= 0.3 is 0 Å². The molecule has 0 amide bonds. The van der Waals surface area contributed by atoms with Crippen LogP contribution in [0.2, 0.25) is 0 Å². The van der Waals surface area contributed by atoms with Crippen molar-refractivity contribution in [2.24, 2.45) is 16.9 Å². The van der Waals surface area contributed by atoms with E-state index in [4.69, 9.17) is 11.5 Å². The van der Waals surface area contributed by atoms with Gasteiger partial charge in [0.05, 0.1) is 0 Å². The maximum Gasteiger partial charge on any atom is 0.161 e. The van der Waals surface area contributed by atoms with E-state index in [0.29, 0.717) is 51.4 Å². The molecule has 8 nitrogen and oxygen atoms in total. The topological polar surface area (TPSA) is 154 Å². The molecule has 0 unspecified atom stereocenters. The standard InChI is InChI=1S/C63H118N2O6/c1-7-13-19-25-31-37-43-49-55(66)61(56(67)50-44-38-32-26-20-14-8-2,62(64,57(68)51-45-39-33-27-21-15-9-3)58(69)52-46-40-34-28-22-16-10-4)63(65,59(70)53-47-41-35-29-23-17-11-5)60(71)54-48-42-36-30-24-18-12-6/h7-54,64-65H2,1-6H3. The van der Waals surface area contributed by atoms with Crippen molar-refractivity contribution in [1.82, 2.24) is 0 Å². The van der Waals surface area contributed by atoms with Gasteiger partial charge < -0.3 is 11.5 Å². The van der Waals surface area contributed by atoms with Crippen molar-refractivity contribution in [3.8, 4) is 0 Å². The summed E-state index contributed by atoms with van der Waals surface area (Å²) in [5.74, 6) is -4.32. The highest BCUT2D eigenvalue weighted by Gasteiger charge is 2.76. The summed E-state index contributed by atoms with van der Waals surface area (Å²) in [5.41, 5.74) is 6.97. The SMILES string of the molecule is CCCCCCCCCC(=O)C(N)(C(=O)CCCCCCCCC)C(C(=O)CCCCCCCCC)(C(=O)CCCCCCCCC)C(N)(C(=O)CCCCCCCCC)C(=O)CCCCCCCCC. The van der Waals surface area contributed by atoms with Crippen LogP contribution in [0, 0.1) is 5.41 Å². The summed E-state index contributed by atoms with van der Waals surface area (Å²) in [6, 6.07) is 0. The fourth-order valence-corrected chi connectivity index (χ4v) is 11.1. The Kier molecular flexibility index (Phi) is 44.0. The Morgan fingerprint density at radius 3 is 0.493 bits per heavy atom. The quantitative estimate of drug-likeness (QED) is 0.0451. The van der Waals surface area contributed by atoms with Gasteiger partial charge in [0.2, 0.25) is 0 Å². The molecular formula is C63H118N2O6. The largest absolute Gasteiger partial charge is 0.311 e. The lowest BCUT2D eigenvalue weighted by Gasteiger charge is -2.52. The van der Waals surface area contributed by atoms with Gasteiger partial charge in [-0.1, -0.05) is 273 Å². The van der Waals surface area contributed by atoms with Crippen LogP contribution in [0.15, 0.2) is 0 Å². The molecule has 0 aliphatic carbocycles.